The van der Waals surface area contributed by atoms with Gasteiger partial charge in [-0.2, -0.15) is 0 Å². The minimum atomic E-state index is -0.832. The van der Waals surface area contributed by atoms with Crippen molar-refractivity contribution in [2.24, 2.45) is 0 Å². The van der Waals surface area contributed by atoms with Crippen LogP contribution in [0.5, 0.6) is 0 Å². The number of carbonyl (C=O) groups is 1. The Morgan fingerprint density at radius 2 is 1.85 bits per heavy atom. The number of aliphatic hydroxyl groups excluding tert-OH is 1. The first-order valence-corrected chi connectivity index (χ1v) is 9.74. The van der Waals surface area contributed by atoms with Gasteiger partial charge in [0.2, 0.25) is 0 Å². The summed E-state index contributed by atoms with van der Waals surface area (Å²) < 4.78 is 0. The summed E-state index contributed by atoms with van der Waals surface area (Å²) in [4.78, 5) is 17.8. The molecule has 0 aliphatic heterocycles. The molecule has 0 aliphatic carbocycles. The summed E-state index contributed by atoms with van der Waals surface area (Å²) in [5.41, 5.74) is 1.68. The Morgan fingerprint density at radius 3 is 2.54 bits per heavy atom. The first kappa shape index (κ1) is 18.8. The quantitative estimate of drug-likeness (QED) is 0.609. The molecule has 0 fully saturated rings. The Kier molecular flexibility index (Phi) is 6.20. The summed E-state index contributed by atoms with van der Waals surface area (Å²) in [6, 6.07) is 17.0. The molecular weight excluding hydrogens is 366 g/mol. The SMILES string of the molecule is CCC(C(=O)Cc1ncc(C(O)c2ccccc2Cl)s1)c1ccccc1. The van der Waals surface area contributed by atoms with Crippen molar-refractivity contribution in [3.05, 3.63) is 86.8 Å². The number of hydrogen-bond acceptors (Lipinski definition) is 4. The van der Waals surface area contributed by atoms with Crippen LogP contribution in [0, 0.1) is 0 Å². The van der Waals surface area contributed by atoms with Crippen molar-refractivity contribution in [3.8, 4) is 0 Å². The van der Waals surface area contributed by atoms with Crippen LogP contribution >= 0.6 is 22.9 Å². The highest BCUT2D eigenvalue weighted by Gasteiger charge is 2.22. The van der Waals surface area contributed by atoms with E-state index in [2.05, 4.69) is 4.98 Å². The number of Topliss-reactive ketones (excluding diaryl/α,β-unsaturated/α-hetero) is 1. The van der Waals surface area contributed by atoms with Gasteiger partial charge in [0, 0.05) is 22.7 Å². The molecular formula is C21H20ClNO2S. The van der Waals surface area contributed by atoms with E-state index in [4.69, 9.17) is 11.6 Å². The normalized spacial score (nSPS) is 13.3. The Morgan fingerprint density at radius 1 is 1.15 bits per heavy atom. The van der Waals surface area contributed by atoms with Gasteiger partial charge in [-0.3, -0.25) is 4.79 Å². The van der Waals surface area contributed by atoms with Crippen LogP contribution < -0.4 is 0 Å². The van der Waals surface area contributed by atoms with Crippen LogP contribution in [0.2, 0.25) is 5.02 Å². The first-order valence-electron chi connectivity index (χ1n) is 8.55. The van der Waals surface area contributed by atoms with E-state index in [1.54, 1.807) is 18.3 Å². The largest absolute Gasteiger partial charge is 0.383 e. The number of benzene rings is 2. The summed E-state index contributed by atoms with van der Waals surface area (Å²) in [7, 11) is 0. The Labute approximate surface area is 162 Å². The molecule has 0 saturated heterocycles. The molecule has 5 heteroatoms. The topological polar surface area (TPSA) is 50.2 Å². The van der Waals surface area contributed by atoms with E-state index in [1.165, 1.54) is 11.3 Å². The standard InChI is InChI=1S/C21H20ClNO2S/c1-2-15(14-8-4-3-5-9-14)18(24)12-20-23-13-19(26-20)21(25)16-10-6-7-11-17(16)22/h3-11,13,15,21,25H,2,12H2,1H3. The Balaban J connectivity index is 1.74. The Hall–Kier alpha value is -2.01. The van der Waals surface area contributed by atoms with Crippen molar-refractivity contribution in [2.75, 3.05) is 0 Å². The zero-order valence-corrected chi connectivity index (χ0v) is 16.0. The van der Waals surface area contributed by atoms with Gasteiger partial charge < -0.3 is 5.11 Å². The van der Waals surface area contributed by atoms with Gasteiger partial charge in [-0.05, 0) is 18.1 Å². The van der Waals surface area contributed by atoms with Gasteiger partial charge in [0.15, 0.2) is 0 Å². The van der Waals surface area contributed by atoms with Gasteiger partial charge in [0.05, 0.1) is 11.3 Å². The molecule has 0 saturated carbocycles. The van der Waals surface area contributed by atoms with Crippen molar-refractivity contribution in [1.82, 2.24) is 4.98 Å². The third-order valence-corrected chi connectivity index (χ3v) is 5.76. The lowest BCUT2D eigenvalue weighted by atomic mass is 9.91. The number of hydrogen-bond donors (Lipinski definition) is 1. The van der Waals surface area contributed by atoms with Crippen molar-refractivity contribution in [3.63, 3.8) is 0 Å². The lowest BCUT2D eigenvalue weighted by Gasteiger charge is -2.13. The molecule has 0 radical (unpaired) electrons. The zero-order chi connectivity index (χ0) is 18.5. The molecule has 3 nitrogen and oxygen atoms in total. The second-order valence-corrected chi connectivity index (χ2v) is 7.65. The molecule has 26 heavy (non-hydrogen) atoms. The number of ketones is 1. The smallest absolute Gasteiger partial charge is 0.147 e. The molecule has 3 rings (SSSR count). The molecule has 2 atom stereocenters. The van der Waals surface area contributed by atoms with Crippen LogP contribution in [0.15, 0.2) is 60.8 Å². The van der Waals surface area contributed by atoms with Gasteiger partial charge in [-0.1, -0.05) is 67.1 Å². The van der Waals surface area contributed by atoms with Crippen LogP contribution in [0.25, 0.3) is 0 Å². The molecule has 3 aromatic rings. The number of halogens is 1. The van der Waals surface area contributed by atoms with E-state index in [0.29, 0.717) is 20.5 Å². The molecule has 0 bridgehead atoms. The van der Waals surface area contributed by atoms with Crippen molar-refractivity contribution in [1.29, 1.82) is 0 Å². The second-order valence-electron chi connectivity index (χ2n) is 6.10. The fraction of sp³-hybridized carbons (Fsp3) is 0.238. The van der Waals surface area contributed by atoms with Gasteiger partial charge in [-0.25, -0.2) is 4.98 Å². The highest BCUT2D eigenvalue weighted by atomic mass is 35.5. The molecule has 0 aliphatic rings. The summed E-state index contributed by atoms with van der Waals surface area (Å²) in [5, 5.41) is 11.8. The van der Waals surface area contributed by atoms with E-state index in [0.717, 1.165) is 12.0 Å². The molecule has 1 aromatic heterocycles. The molecule has 0 spiro atoms. The van der Waals surface area contributed by atoms with E-state index in [-0.39, 0.29) is 18.1 Å². The van der Waals surface area contributed by atoms with Gasteiger partial charge in [0.25, 0.3) is 0 Å². The van der Waals surface area contributed by atoms with Gasteiger partial charge >= 0.3 is 0 Å². The lowest BCUT2D eigenvalue weighted by Crippen LogP contribution is -2.14. The van der Waals surface area contributed by atoms with Crippen molar-refractivity contribution < 1.29 is 9.90 Å². The highest BCUT2D eigenvalue weighted by Crippen LogP contribution is 2.32. The Bertz CT molecular complexity index is 878. The summed E-state index contributed by atoms with van der Waals surface area (Å²) >= 11 is 7.51. The molecule has 2 aromatic carbocycles. The summed E-state index contributed by atoms with van der Waals surface area (Å²) in [5.74, 6) is 0.0175. The predicted molar refractivity (Wildman–Crippen MR) is 106 cm³/mol. The third kappa shape index (κ3) is 4.21. The number of aromatic nitrogens is 1. The zero-order valence-electron chi connectivity index (χ0n) is 14.4. The lowest BCUT2D eigenvalue weighted by molar-refractivity contribution is -0.119. The summed E-state index contributed by atoms with van der Waals surface area (Å²) in [6.45, 7) is 2.02. The minimum Gasteiger partial charge on any atom is -0.383 e. The van der Waals surface area contributed by atoms with Crippen LogP contribution in [-0.2, 0) is 11.2 Å². The first-order chi connectivity index (χ1) is 12.6. The van der Waals surface area contributed by atoms with E-state index >= 15 is 0 Å². The van der Waals surface area contributed by atoms with Gasteiger partial charge in [0.1, 0.15) is 16.9 Å². The average Bonchev–Trinajstić information content (AvgIpc) is 3.11. The predicted octanol–water partition coefficient (Wildman–Crippen LogP) is 5.18. The molecule has 1 heterocycles. The second kappa shape index (κ2) is 8.58. The maximum Gasteiger partial charge on any atom is 0.147 e. The van der Waals surface area contributed by atoms with Crippen molar-refractivity contribution >= 4 is 28.7 Å². The van der Waals surface area contributed by atoms with E-state index in [9.17, 15) is 9.90 Å². The highest BCUT2D eigenvalue weighted by molar-refractivity contribution is 7.11. The number of thiazole rings is 1. The van der Waals surface area contributed by atoms with Crippen molar-refractivity contribution in [2.45, 2.75) is 31.8 Å². The fourth-order valence-corrected chi connectivity index (χ4v) is 4.16. The van der Waals surface area contributed by atoms with Crippen LogP contribution in [0.1, 0.15) is 46.4 Å². The number of rotatable bonds is 7. The maximum atomic E-state index is 12.7. The summed E-state index contributed by atoms with van der Waals surface area (Å²) in [6.07, 6.45) is 1.82. The van der Waals surface area contributed by atoms with E-state index < -0.39 is 6.10 Å². The van der Waals surface area contributed by atoms with Gasteiger partial charge in [-0.15, -0.1) is 11.3 Å². The molecule has 1 N–H and O–H groups in total. The van der Waals surface area contributed by atoms with Crippen LogP contribution in [0.3, 0.4) is 0 Å². The number of nitrogens with zero attached hydrogens (tertiary/aromatic N) is 1. The maximum absolute atomic E-state index is 12.7. The number of aliphatic hydroxyl groups is 1. The molecule has 0 amide bonds. The fourth-order valence-electron chi connectivity index (χ4n) is 2.99. The molecule has 134 valence electrons. The van der Waals surface area contributed by atoms with E-state index in [1.807, 2.05) is 49.4 Å². The minimum absolute atomic E-state index is 0.128. The monoisotopic (exact) mass is 385 g/mol. The number of carbonyl (C=O) groups excluding carboxylic acids is 1. The van der Waals surface area contributed by atoms with Crippen LogP contribution in [0.4, 0.5) is 0 Å². The molecule has 2 unspecified atom stereocenters. The average molecular weight is 386 g/mol. The third-order valence-electron chi connectivity index (χ3n) is 4.37. The van der Waals surface area contributed by atoms with Crippen LogP contribution in [-0.4, -0.2) is 15.9 Å².